The third kappa shape index (κ3) is 4.51. The van der Waals surface area contributed by atoms with E-state index in [9.17, 15) is 19.5 Å². The minimum atomic E-state index is -0.843. The van der Waals surface area contributed by atoms with Crippen LogP contribution < -0.4 is 10.6 Å². The standard InChI is InChI=1S/C27H26N4O5/c1-14-15(2)36-24-8-3-16(9-20(14)24)12-28-25(32)22-11-23(30-13-29-22)26(33)31-21-7-5-17-10-18(27(34)35)4-6-19(17)21/h3,6,8-11,13,18,21H,4-5,7,12H2,1-2H3,(H,28,32)(H,31,33)(H,34,35)/t18-,21+/m1/s1. The molecule has 184 valence electrons. The van der Waals surface area contributed by atoms with E-state index in [1.165, 1.54) is 12.4 Å². The number of aromatic nitrogens is 2. The van der Waals surface area contributed by atoms with E-state index in [4.69, 9.17) is 4.42 Å². The first-order valence-electron chi connectivity index (χ1n) is 11.8. The van der Waals surface area contributed by atoms with Crippen LogP contribution in [0.25, 0.3) is 11.0 Å². The van der Waals surface area contributed by atoms with E-state index < -0.39 is 23.7 Å². The van der Waals surface area contributed by atoms with Gasteiger partial charge in [0, 0.05) is 18.0 Å². The second-order valence-corrected chi connectivity index (χ2v) is 9.18. The van der Waals surface area contributed by atoms with Crippen molar-refractivity contribution in [2.75, 3.05) is 0 Å². The fourth-order valence-electron chi connectivity index (χ4n) is 4.77. The number of carbonyl (C=O) groups excluding carboxylic acids is 2. The van der Waals surface area contributed by atoms with Gasteiger partial charge in [-0.1, -0.05) is 18.2 Å². The normalized spacial score (nSPS) is 18.8. The van der Waals surface area contributed by atoms with Crippen LogP contribution in [0.15, 0.2) is 58.3 Å². The summed E-state index contributed by atoms with van der Waals surface area (Å²) < 4.78 is 5.70. The molecule has 1 aromatic carbocycles. The van der Waals surface area contributed by atoms with Gasteiger partial charge in [-0.3, -0.25) is 14.4 Å². The van der Waals surface area contributed by atoms with Crippen LogP contribution >= 0.6 is 0 Å². The van der Waals surface area contributed by atoms with Crippen LogP contribution in [-0.4, -0.2) is 38.9 Å². The van der Waals surface area contributed by atoms with Gasteiger partial charge in [-0.2, -0.15) is 0 Å². The Balaban J connectivity index is 1.23. The van der Waals surface area contributed by atoms with Crippen molar-refractivity contribution < 1.29 is 23.9 Å². The molecule has 2 amide bonds. The largest absolute Gasteiger partial charge is 0.481 e. The Labute approximate surface area is 207 Å². The zero-order valence-corrected chi connectivity index (χ0v) is 20.0. The lowest BCUT2D eigenvalue weighted by Gasteiger charge is -2.19. The maximum atomic E-state index is 12.9. The first kappa shape index (κ1) is 23.5. The lowest BCUT2D eigenvalue weighted by Crippen LogP contribution is -2.35. The number of carboxylic acids is 1. The smallest absolute Gasteiger partial charge is 0.310 e. The van der Waals surface area contributed by atoms with E-state index in [-0.39, 0.29) is 17.4 Å². The van der Waals surface area contributed by atoms with Crippen LogP contribution in [0.4, 0.5) is 0 Å². The van der Waals surface area contributed by atoms with Gasteiger partial charge in [0.15, 0.2) is 0 Å². The Morgan fingerprint density at radius 2 is 1.89 bits per heavy atom. The molecule has 0 saturated heterocycles. The van der Waals surface area contributed by atoms with Gasteiger partial charge in [-0.15, -0.1) is 0 Å². The summed E-state index contributed by atoms with van der Waals surface area (Å²) in [7, 11) is 0. The highest BCUT2D eigenvalue weighted by atomic mass is 16.4. The molecule has 0 radical (unpaired) electrons. The van der Waals surface area contributed by atoms with Crippen LogP contribution in [0.5, 0.6) is 0 Å². The molecular formula is C27H26N4O5. The number of hydrogen-bond acceptors (Lipinski definition) is 6. The predicted octanol–water partition coefficient (Wildman–Crippen LogP) is 3.62. The SMILES string of the molecule is Cc1oc2ccc(CNC(=O)c3cc(C(=O)N[C@H]4CCC5=C[C@H](C(=O)O)CC=C54)ncn3)cc2c1C. The molecule has 0 spiro atoms. The van der Waals surface area contributed by atoms with Crippen molar-refractivity contribution in [2.24, 2.45) is 5.92 Å². The van der Waals surface area contributed by atoms with E-state index in [1.54, 1.807) is 6.08 Å². The van der Waals surface area contributed by atoms with Gasteiger partial charge < -0.3 is 20.2 Å². The topological polar surface area (TPSA) is 134 Å². The highest BCUT2D eigenvalue weighted by molar-refractivity contribution is 5.97. The molecule has 2 heterocycles. The quantitative estimate of drug-likeness (QED) is 0.484. The minimum Gasteiger partial charge on any atom is -0.481 e. The second kappa shape index (κ2) is 9.41. The molecule has 5 rings (SSSR count). The maximum absolute atomic E-state index is 12.9. The molecule has 0 bridgehead atoms. The number of hydrogen-bond donors (Lipinski definition) is 3. The number of furan rings is 1. The zero-order chi connectivity index (χ0) is 25.4. The zero-order valence-electron chi connectivity index (χ0n) is 20.0. The molecule has 36 heavy (non-hydrogen) atoms. The molecule has 9 nitrogen and oxygen atoms in total. The molecule has 1 saturated carbocycles. The minimum absolute atomic E-state index is 0.0957. The molecule has 9 heteroatoms. The third-order valence-electron chi connectivity index (χ3n) is 6.89. The van der Waals surface area contributed by atoms with Crippen molar-refractivity contribution in [1.29, 1.82) is 0 Å². The number of aliphatic carboxylic acids is 1. The summed E-state index contributed by atoms with van der Waals surface area (Å²) in [6, 6.07) is 6.93. The first-order valence-corrected chi connectivity index (χ1v) is 11.8. The number of carbonyl (C=O) groups is 3. The molecule has 0 unspecified atom stereocenters. The van der Waals surface area contributed by atoms with E-state index in [2.05, 4.69) is 20.6 Å². The Hall–Kier alpha value is -4.27. The fraction of sp³-hybridized carbons (Fsp3) is 0.296. The lowest BCUT2D eigenvalue weighted by molar-refractivity contribution is -0.140. The summed E-state index contributed by atoms with van der Waals surface area (Å²) in [6.45, 7) is 4.21. The number of aryl methyl sites for hydroxylation is 2. The molecule has 0 aliphatic heterocycles. The average Bonchev–Trinajstić information content (AvgIpc) is 3.41. The van der Waals surface area contributed by atoms with Gasteiger partial charge in [-0.05, 0) is 67.5 Å². The van der Waals surface area contributed by atoms with Crippen molar-refractivity contribution in [3.8, 4) is 0 Å². The number of benzene rings is 1. The number of carboxylic acid groups (broad SMARTS) is 1. The maximum Gasteiger partial charge on any atom is 0.310 e. The Morgan fingerprint density at radius 3 is 2.67 bits per heavy atom. The van der Waals surface area contributed by atoms with Crippen LogP contribution in [0.3, 0.4) is 0 Å². The molecule has 2 atom stereocenters. The summed E-state index contributed by atoms with van der Waals surface area (Å²) in [5, 5.41) is 16.1. The average molecular weight is 487 g/mol. The first-order chi connectivity index (χ1) is 17.3. The highest BCUT2D eigenvalue weighted by Gasteiger charge is 2.31. The number of amides is 2. The van der Waals surface area contributed by atoms with E-state index in [1.807, 2.05) is 38.1 Å². The number of allylic oxidation sites excluding steroid dienone is 1. The molecule has 3 aromatic rings. The molecular weight excluding hydrogens is 460 g/mol. The highest BCUT2D eigenvalue weighted by Crippen LogP contribution is 2.36. The Bertz CT molecular complexity index is 1450. The second-order valence-electron chi connectivity index (χ2n) is 9.18. The molecule has 1 fully saturated rings. The van der Waals surface area contributed by atoms with Crippen molar-refractivity contribution in [1.82, 2.24) is 20.6 Å². The van der Waals surface area contributed by atoms with Gasteiger partial charge in [0.05, 0.1) is 12.0 Å². The third-order valence-corrected chi connectivity index (χ3v) is 6.89. The Morgan fingerprint density at radius 1 is 1.11 bits per heavy atom. The number of nitrogens with zero attached hydrogens (tertiary/aromatic N) is 2. The Kier molecular flexibility index (Phi) is 6.13. The van der Waals surface area contributed by atoms with Crippen LogP contribution in [0.1, 0.15) is 57.1 Å². The van der Waals surface area contributed by atoms with Gasteiger partial charge in [0.25, 0.3) is 11.8 Å². The van der Waals surface area contributed by atoms with Crippen LogP contribution in [-0.2, 0) is 11.3 Å². The molecule has 2 aliphatic rings. The van der Waals surface area contributed by atoms with Crippen LogP contribution in [0, 0.1) is 19.8 Å². The van der Waals surface area contributed by atoms with Gasteiger partial charge in [0.1, 0.15) is 29.1 Å². The summed E-state index contributed by atoms with van der Waals surface area (Å²) in [5.41, 5.74) is 4.93. The molecule has 3 N–H and O–H groups in total. The fourth-order valence-corrected chi connectivity index (χ4v) is 4.77. The number of fused-ring (bicyclic) bond motifs is 2. The summed E-state index contributed by atoms with van der Waals surface area (Å²) >= 11 is 0. The van der Waals surface area contributed by atoms with Crippen molar-refractivity contribution >= 4 is 28.8 Å². The van der Waals surface area contributed by atoms with E-state index in [0.29, 0.717) is 25.8 Å². The molecule has 2 aromatic heterocycles. The molecule has 2 aliphatic carbocycles. The van der Waals surface area contributed by atoms with Crippen molar-refractivity contribution in [2.45, 2.75) is 45.7 Å². The van der Waals surface area contributed by atoms with Crippen LogP contribution in [0.2, 0.25) is 0 Å². The van der Waals surface area contributed by atoms with Gasteiger partial charge in [0.2, 0.25) is 0 Å². The number of rotatable bonds is 6. The van der Waals surface area contributed by atoms with Gasteiger partial charge >= 0.3 is 5.97 Å². The van der Waals surface area contributed by atoms with E-state index in [0.717, 1.165) is 39.0 Å². The predicted molar refractivity (Wildman–Crippen MR) is 131 cm³/mol. The summed E-state index contributed by atoms with van der Waals surface area (Å²) in [6.07, 6.45) is 6.68. The summed E-state index contributed by atoms with van der Waals surface area (Å²) in [5.74, 6) is -1.31. The van der Waals surface area contributed by atoms with Crippen molar-refractivity contribution in [3.63, 3.8) is 0 Å². The number of nitrogens with one attached hydrogen (secondary N) is 2. The summed E-state index contributed by atoms with van der Waals surface area (Å²) in [4.78, 5) is 45.0. The lowest BCUT2D eigenvalue weighted by atomic mass is 9.91. The van der Waals surface area contributed by atoms with Crippen molar-refractivity contribution in [3.05, 3.63) is 82.2 Å². The van der Waals surface area contributed by atoms with E-state index >= 15 is 0 Å². The van der Waals surface area contributed by atoms with Gasteiger partial charge in [-0.25, -0.2) is 9.97 Å². The monoisotopic (exact) mass is 486 g/mol.